The van der Waals surface area contributed by atoms with E-state index in [4.69, 9.17) is 22.1 Å². The minimum atomic E-state index is -0.600. The van der Waals surface area contributed by atoms with E-state index in [0.717, 1.165) is 11.1 Å². The van der Waals surface area contributed by atoms with Gasteiger partial charge >= 0.3 is 5.76 Å². The van der Waals surface area contributed by atoms with E-state index in [-0.39, 0.29) is 0 Å². The number of hydrogen-bond donors (Lipinski definition) is 1. The van der Waals surface area contributed by atoms with Crippen molar-refractivity contribution in [2.75, 3.05) is 12.3 Å². The molecule has 0 radical (unpaired) electrons. The van der Waals surface area contributed by atoms with Gasteiger partial charge in [-0.1, -0.05) is 11.6 Å². The predicted octanol–water partition coefficient (Wildman–Crippen LogP) is 1.85. The molecular weight excluding hydrogens is 270 g/mol. The van der Waals surface area contributed by atoms with Crippen LogP contribution in [-0.4, -0.2) is 16.4 Å². The van der Waals surface area contributed by atoms with Crippen LogP contribution in [0.5, 0.6) is 5.75 Å². The molecule has 7 heteroatoms. The molecule has 0 saturated heterocycles. The Morgan fingerprint density at radius 3 is 2.95 bits per heavy atom. The van der Waals surface area contributed by atoms with E-state index in [1.165, 1.54) is 12.8 Å². The summed E-state index contributed by atoms with van der Waals surface area (Å²) in [5.41, 5.74) is 6.59. The molecule has 100 valence electrons. The van der Waals surface area contributed by atoms with Gasteiger partial charge in [0.1, 0.15) is 11.4 Å². The average molecular weight is 282 g/mol. The summed E-state index contributed by atoms with van der Waals surface area (Å²) < 4.78 is 11.4. The number of benzene rings is 1. The summed E-state index contributed by atoms with van der Waals surface area (Å²) in [4.78, 5) is 11.5. The first-order valence-electron chi connectivity index (χ1n) is 5.90. The first-order valence-corrected chi connectivity index (χ1v) is 6.28. The lowest BCUT2D eigenvalue weighted by atomic mass is 10.2. The molecule has 19 heavy (non-hydrogen) atoms. The van der Waals surface area contributed by atoms with Crippen LogP contribution >= 0.6 is 11.6 Å². The topological polar surface area (TPSA) is 83.3 Å². The smallest absolute Gasteiger partial charge is 0.441 e. The molecule has 0 bridgehead atoms. The van der Waals surface area contributed by atoms with Crippen LogP contribution in [0.4, 0.5) is 5.69 Å². The van der Waals surface area contributed by atoms with Gasteiger partial charge in [-0.05, 0) is 24.8 Å². The highest BCUT2D eigenvalue weighted by Crippen LogP contribution is 2.34. The van der Waals surface area contributed by atoms with Crippen LogP contribution in [-0.2, 0) is 0 Å². The van der Waals surface area contributed by atoms with E-state index in [1.807, 2.05) is 0 Å². The first kappa shape index (κ1) is 12.1. The number of hydrogen-bond acceptors (Lipinski definition) is 5. The van der Waals surface area contributed by atoms with Gasteiger partial charge in [-0.15, -0.1) is 5.10 Å². The zero-order chi connectivity index (χ0) is 13.4. The third-order valence-electron chi connectivity index (χ3n) is 2.97. The first-order chi connectivity index (χ1) is 9.15. The minimum absolute atomic E-state index is 0.337. The summed E-state index contributed by atoms with van der Waals surface area (Å²) in [6.45, 7) is 0.598. The fourth-order valence-electron chi connectivity index (χ4n) is 1.71. The van der Waals surface area contributed by atoms with Gasteiger partial charge in [0.15, 0.2) is 0 Å². The Morgan fingerprint density at radius 2 is 2.32 bits per heavy atom. The number of nitrogen functional groups attached to an aromatic ring is 1. The van der Waals surface area contributed by atoms with Gasteiger partial charge < -0.3 is 14.9 Å². The SMILES string of the molecule is Nc1cc(OCC2CC2)c(-n2ncoc2=O)cc1Cl. The molecule has 1 aromatic carbocycles. The number of nitrogens with zero attached hydrogens (tertiary/aromatic N) is 2. The van der Waals surface area contributed by atoms with Crippen molar-refractivity contribution < 1.29 is 9.15 Å². The molecule has 1 fully saturated rings. The van der Waals surface area contributed by atoms with Gasteiger partial charge in [-0.2, -0.15) is 4.68 Å². The van der Waals surface area contributed by atoms with Crippen molar-refractivity contribution in [3.63, 3.8) is 0 Å². The molecule has 0 aliphatic heterocycles. The Bertz CT molecular complexity index is 660. The van der Waals surface area contributed by atoms with Crippen molar-refractivity contribution in [1.29, 1.82) is 0 Å². The van der Waals surface area contributed by atoms with Crippen LogP contribution in [0.1, 0.15) is 12.8 Å². The van der Waals surface area contributed by atoms with Crippen molar-refractivity contribution in [3.8, 4) is 11.4 Å². The maximum absolute atomic E-state index is 11.5. The van der Waals surface area contributed by atoms with E-state index in [2.05, 4.69) is 9.52 Å². The van der Waals surface area contributed by atoms with Crippen molar-refractivity contribution in [2.24, 2.45) is 5.92 Å². The second kappa shape index (κ2) is 4.62. The minimum Gasteiger partial charge on any atom is -0.491 e. The molecule has 2 N–H and O–H groups in total. The largest absolute Gasteiger partial charge is 0.491 e. The van der Waals surface area contributed by atoms with Crippen molar-refractivity contribution >= 4 is 17.3 Å². The van der Waals surface area contributed by atoms with Gasteiger partial charge in [0.05, 0.1) is 17.3 Å². The molecule has 1 heterocycles. The summed E-state index contributed by atoms with van der Waals surface area (Å²) in [7, 11) is 0. The third kappa shape index (κ3) is 2.44. The third-order valence-corrected chi connectivity index (χ3v) is 3.29. The molecule has 2 aromatic rings. The van der Waals surface area contributed by atoms with Gasteiger partial charge in [-0.25, -0.2) is 4.79 Å². The predicted molar refractivity (Wildman–Crippen MR) is 69.7 cm³/mol. The monoisotopic (exact) mass is 281 g/mol. The average Bonchev–Trinajstić information content (AvgIpc) is 3.12. The standard InChI is InChI=1S/C12H12ClN3O3/c13-8-3-10(16-12(17)19-6-15-16)11(4-9(8)14)18-5-7-1-2-7/h3-4,6-7H,1-2,5,14H2. The number of halogens is 1. The van der Waals surface area contributed by atoms with Crippen LogP contribution in [0.15, 0.2) is 27.7 Å². The number of aromatic nitrogens is 2. The van der Waals surface area contributed by atoms with Crippen molar-refractivity contribution in [1.82, 2.24) is 9.78 Å². The van der Waals surface area contributed by atoms with E-state index in [9.17, 15) is 4.79 Å². The molecular formula is C12H12ClN3O3. The molecule has 0 amide bonds. The Hall–Kier alpha value is -1.95. The van der Waals surface area contributed by atoms with Gasteiger partial charge in [0.25, 0.3) is 0 Å². The molecule has 0 atom stereocenters. The maximum atomic E-state index is 11.5. The Balaban J connectivity index is 2.02. The normalized spacial score (nSPS) is 14.6. The molecule has 0 unspecified atom stereocenters. The lowest BCUT2D eigenvalue weighted by Crippen LogP contribution is -2.15. The fraction of sp³-hybridized carbons (Fsp3) is 0.333. The van der Waals surface area contributed by atoms with Crippen LogP contribution in [0, 0.1) is 5.92 Å². The number of anilines is 1. The second-order valence-electron chi connectivity index (χ2n) is 4.51. The van der Waals surface area contributed by atoms with Gasteiger partial charge in [-0.3, -0.25) is 0 Å². The van der Waals surface area contributed by atoms with E-state index in [1.54, 1.807) is 12.1 Å². The molecule has 1 aromatic heterocycles. The molecule has 1 aliphatic carbocycles. The highest BCUT2D eigenvalue weighted by molar-refractivity contribution is 6.33. The summed E-state index contributed by atoms with van der Waals surface area (Å²) >= 11 is 5.98. The van der Waals surface area contributed by atoms with Crippen LogP contribution in [0.25, 0.3) is 5.69 Å². The Kier molecular flexibility index (Phi) is 2.94. The van der Waals surface area contributed by atoms with Gasteiger partial charge in [0, 0.05) is 6.07 Å². The zero-order valence-corrected chi connectivity index (χ0v) is 10.8. The number of ether oxygens (including phenoxy) is 1. The molecule has 6 nitrogen and oxygen atoms in total. The molecule has 1 aliphatic rings. The summed E-state index contributed by atoms with van der Waals surface area (Å²) in [5.74, 6) is 0.459. The molecule has 3 rings (SSSR count). The van der Waals surface area contributed by atoms with E-state index < -0.39 is 5.76 Å². The summed E-state index contributed by atoms with van der Waals surface area (Å²) in [6.07, 6.45) is 3.40. The van der Waals surface area contributed by atoms with Gasteiger partial charge in [0.2, 0.25) is 6.39 Å². The fourth-order valence-corrected chi connectivity index (χ4v) is 1.86. The second-order valence-corrected chi connectivity index (χ2v) is 4.92. The number of nitrogens with two attached hydrogens (primary N) is 1. The molecule has 0 spiro atoms. The highest BCUT2D eigenvalue weighted by Gasteiger charge is 2.23. The zero-order valence-electron chi connectivity index (χ0n) is 10.0. The lowest BCUT2D eigenvalue weighted by molar-refractivity contribution is 0.298. The van der Waals surface area contributed by atoms with E-state index in [0.29, 0.717) is 34.7 Å². The summed E-state index contributed by atoms with van der Waals surface area (Å²) in [5, 5.41) is 4.15. The van der Waals surface area contributed by atoms with Crippen LogP contribution in [0.2, 0.25) is 5.02 Å². The highest BCUT2D eigenvalue weighted by atomic mass is 35.5. The maximum Gasteiger partial charge on any atom is 0.441 e. The van der Waals surface area contributed by atoms with Crippen LogP contribution < -0.4 is 16.2 Å². The Labute approximate surface area is 113 Å². The quantitative estimate of drug-likeness (QED) is 0.865. The Morgan fingerprint density at radius 1 is 1.53 bits per heavy atom. The summed E-state index contributed by atoms with van der Waals surface area (Å²) in [6, 6.07) is 3.14. The van der Waals surface area contributed by atoms with Crippen molar-refractivity contribution in [3.05, 3.63) is 34.1 Å². The van der Waals surface area contributed by atoms with Crippen LogP contribution in [0.3, 0.4) is 0 Å². The van der Waals surface area contributed by atoms with Crippen molar-refractivity contribution in [2.45, 2.75) is 12.8 Å². The number of rotatable bonds is 4. The lowest BCUT2D eigenvalue weighted by Gasteiger charge is -2.12. The van der Waals surface area contributed by atoms with E-state index >= 15 is 0 Å². The molecule has 1 saturated carbocycles.